The second-order valence-electron chi connectivity index (χ2n) is 6.65. The average Bonchev–Trinajstić information content (AvgIpc) is 2.38. The summed E-state index contributed by atoms with van der Waals surface area (Å²) < 4.78 is 0. The maximum absolute atomic E-state index is 10.8. The van der Waals surface area contributed by atoms with Crippen LogP contribution in [-0.4, -0.2) is 12.2 Å². The summed E-state index contributed by atoms with van der Waals surface area (Å²) in [5.74, 6) is 1.97. The van der Waals surface area contributed by atoms with Crippen molar-refractivity contribution in [2.75, 3.05) is 0 Å². The van der Waals surface area contributed by atoms with Crippen LogP contribution in [0.3, 0.4) is 0 Å². The quantitative estimate of drug-likeness (QED) is 0.235. The normalized spacial score (nSPS) is 14.8. The number of hydrogen-bond donors (Lipinski definition) is 0. The molecule has 0 radical (unpaired) electrons. The van der Waals surface area contributed by atoms with Crippen molar-refractivity contribution in [3.63, 3.8) is 0 Å². The van der Waals surface area contributed by atoms with Crippen LogP contribution in [-0.2, 0) is 9.59 Å². The number of hydrogen-bond acceptors (Lipinski definition) is 2. The molecule has 0 fully saturated rings. The second kappa shape index (κ2) is 11.0. The third-order valence-corrected chi connectivity index (χ3v) is 3.74. The largest absolute Gasteiger partial charge is 0.299 e. The molecule has 0 amide bonds. The summed E-state index contributed by atoms with van der Waals surface area (Å²) in [6.07, 6.45) is 13.2. The van der Waals surface area contributed by atoms with Crippen molar-refractivity contribution in [3.8, 4) is 0 Å². The summed E-state index contributed by atoms with van der Waals surface area (Å²) in [5, 5.41) is 0. The van der Waals surface area contributed by atoms with Crippen LogP contribution in [0.5, 0.6) is 0 Å². The minimum absolute atomic E-state index is 0.137. The average molecular weight is 302 g/mol. The lowest BCUT2D eigenvalue weighted by Crippen LogP contribution is -2.14. The number of carbonyl (C=O) groups is 1. The van der Waals surface area contributed by atoms with Gasteiger partial charge in [0.1, 0.15) is 12.2 Å². The molecule has 0 aliphatic heterocycles. The van der Waals surface area contributed by atoms with Gasteiger partial charge in [-0.15, -0.1) is 0 Å². The van der Waals surface area contributed by atoms with Crippen LogP contribution in [0.25, 0.3) is 0 Å². The predicted octanol–water partition coefficient (Wildman–Crippen LogP) is 5.39. The molecule has 2 heteroatoms. The van der Waals surface area contributed by atoms with Crippen molar-refractivity contribution in [1.29, 1.82) is 0 Å². The first-order valence-corrected chi connectivity index (χ1v) is 7.95. The summed E-state index contributed by atoms with van der Waals surface area (Å²) in [6.45, 7) is 10.4. The van der Waals surface area contributed by atoms with E-state index in [1.807, 2.05) is 12.9 Å². The Bertz CT molecular complexity index is 484. The van der Waals surface area contributed by atoms with Crippen LogP contribution < -0.4 is 0 Å². The van der Waals surface area contributed by atoms with Crippen LogP contribution in [0.1, 0.15) is 66.7 Å². The molecule has 0 spiro atoms. The van der Waals surface area contributed by atoms with Crippen LogP contribution >= 0.6 is 0 Å². The van der Waals surface area contributed by atoms with Crippen LogP contribution in [0.4, 0.5) is 0 Å². The van der Waals surface area contributed by atoms with E-state index in [4.69, 9.17) is 0 Å². The standard InChI is InChI=1S/C20H30O2/c1-17(2)8-7-12-20(5,13-15-22)16-19(4)10-6-9-18(3)11-14-21/h8,10-11,13-14H,6-7,9,12,16H2,1-5H3. The topological polar surface area (TPSA) is 34.1 Å². The fourth-order valence-corrected chi connectivity index (χ4v) is 2.50. The Kier molecular flexibility index (Phi) is 10.2. The van der Waals surface area contributed by atoms with Gasteiger partial charge in [0.25, 0.3) is 0 Å². The van der Waals surface area contributed by atoms with Gasteiger partial charge in [-0.25, -0.2) is 4.79 Å². The first-order valence-electron chi connectivity index (χ1n) is 7.95. The van der Waals surface area contributed by atoms with Crippen molar-refractivity contribution in [2.45, 2.75) is 66.7 Å². The van der Waals surface area contributed by atoms with Gasteiger partial charge in [-0.3, -0.25) is 4.79 Å². The summed E-state index contributed by atoms with van der Waals surface area (Å²) in [6, 6.07) is 0. The van der Waals surface area contributed by atoms with Gasteiger partial charge in [0.2, 0.25) is 0 Å². The zero-order valence-corrected chi connectivity index (χ0v) is 14.7. The zero-order chi connectivity index (χ0) is 17.0. The van der Waals surface area contributed by atoms with Gasteiger partial charge in [-0.05, 0) is 65.9 Å². The van der Waals surface area contributed by atoms with Crippen molar-refractivity contribution < 1.29 is 9.59 Å². The molecule has 1 atom stereocenters. The summed E-state index contributed by atoms with van der Waals surface area (Å²) in [7, 11) is 0. The third-order valence-electron chi connectivity index (χ3n) is 3.74. The molecule has 0 aromatic heterocycles. The molecule has 0 aliphatic carbocycles. The molecule has 122 valence electrons. The Hall–Kier alpha value is -1.66. The minimum Gasteiger partial charge on any atom is -0.299 e. The first kappa shape index (κ1) is 20.3. The number of aldehydes is 1. The van der Waals surface area contributed by atoms with Gasteiger partial charge in [0, 0.05) is 11.5 Å². The second-order valence-corrected chi connectivity index (χ2v) is 6.65. The van der Waals surface area contributed by atoms with E-state index in [9.17, 15) is 9.59 Å². The third kappa shape index (κ3) is 10.1. The molecule has 0 heterocycles. The van der Waals surface area contributed by atoms with E-state index in [0.717, 1.165) is 44.0 Å². The smallest absolute Gasteiger partial charge is 0.142 e. The lowest BCUT2D eigenvalue weighted by molar-refractivity contribution is -0.104. The maximum Gasteiger partial charge on any atom is 0.142 e. The van der Waals surface area contributed by atoms with Crippen molar-refractivity contribution in [2.24, 2.45) is 5.41 Å². The van der Waals surface area contributed by atoms with Gasteiger partial charge in [-0.2, -0.15) is 0 Å². The molecule has 0 saturated carbocycles. The highest BCUT2D eigenvalue weighted by atomic mass is 16.1. The molecule has 0 aromatic rings. The molecular formula is C20H30O2. The Morgan fingerprint density at radius 2 is 1.73 bits per heavy atom. The van der Waals surface area contributed by atoms with Gasteiger partial charge in [0.05, 0.1) is 0 Å². The van der Waals surface area contributed by atoms with E-state index in [-0.39, 0.29) is 5.41 Å². The summed E-state index contributed by atoms with van der Waals surface area (Å²) >= 11 is 0. The molecule has 0 saturated heterocycles. The Morgan fingerprint density at radius 3 is 2.27 bits per heavy atom. The van der Waals surface area contributed by atoms with Gasteiger partial charge in [-0.1, -0.05) is 35.8 Å². The number of rotatable bonds is 10. The lowest BCUT2D eigenvalue weighted by Gasteiger charge is -2.24. The van der Waals surface area contributed by atoms with Crippen molar-refractivity contribution >= 4 is 12.2 Å². The predicted molar refractivity (Wildman–Crippen MR) is 94.5 cm³/mol. The monoisotopic (exact) mass is 302 g/mol. The fraction of sp³-hybridized carbons (Fsp3) is 0.550. The Morgan fingerprint density at radius 1 is 1.05 bits per heavy atom. The molecule has 0 bridgehead atoms. The minimum atomic E-state index is -0.137. The molecule has 0 aromatic carbocycles. The van der Waals surface area contributed by atoms with Crippen molar-refractivity contribution in [1.82, 2.24) is 0 Å². The summed E-state index contributed by atoms with van der Waals surface area (Å²) in [4.78, 5) is 21.2. The SMILES string of the molecule is CC(C)=CCCC(C)(C=C=O)CC(C)=CCCC(C)=CC=O. The molecule has 0 N–H and O–H groups in total. The molecular weight excluding hydrogens is 272 g/mol. The molecule has 2 nitrogen and oxygen atoms in total. The van der Waals surface area contributed by atoms with Crippen molar-refractivity contribution in [3.05, 3.63) is 41.0 Å². The number of allylic oxidation sites excluding steroid dienone is 7. The zero-order valence-electron chi connectivity index (χ0n) is 14.7. The highest BCUT2D eigenvalue weighted by Crippen LogP contribution is 2.32. The fourth-order valence-electron chi connectivity index (χ4n) is 2.50. The van der Waals surface area contributed by atoms with Crippen LogP contribution in [0, 0.1) is 5.41 Å². The van der Waals surface area contributed by atoms with Crippen LogP contribution in [0.2, 0.25) is 0 Å². The summed E-state index contributed by atoms with van der Waals surface area (Å²) in [5.41, 5.74) is 3.55. The molecule has 22 heavy (non-hydrogen) atoms. The molecule has 0 rings (SSSR count). The van der Waals surface area contributed by atoms with E-state index in [2.05, 4.69) is 39.8 Å². The Balaban J connectivity index is 4.65. The molecule has 0 aliphatic rings. The van der Waals surface area contributed by atoms with Gasteiger partial charge < -0.3 is 0 Å². The molecule has 1 unspecified atom stereocenters. The highest BCUT2D eigenvalue weighted by molar-refractivity contribution is 5.65. The van der Waals surface area contributed by atoms with E-state index in [0.29, 0.717) is 0 Å². The van der Waals surface area contributed by atoms with E-state index in [1.54, 1.807) is 12.2 Å². The van der Waals surface area contributed by atoms with Gasteiger partial charge >= 0.3 is 0 Å². The first-order chi connectivity index (χ1) is 10.3. The van der Waals surface area contributed by atoms with E-state index < -0.39 is 0 Å². The highest BCUT2D eigenvalue weighted by Gasteiger charge is 2.21. The lowest BCUT2D eigenvalue weighted by atomic mass is 9.79. The maximum atomic E-state index is 10.8. The Labute approximate surface area is 135 Å². The van der Waals surface area contributed by atoms with Crippen LogP contribution in [0.15, 0.2) is 41.0 Å². The van der Waals surface area contributed by atoms with E-state index >= 15 is 0 Å². The van der Waals surface area contributed by atoms with E-state index in [1.165, 1.54) is 11.1 Å². The van der Waals surface area contributed by atoms with Gasteiger partial charge in [0.15, 0.2) is 0 Å². The number of carbonyl (C=O) groups excluding carboxylic acids is 2.